The van der Waals surface area contributed by atoms with Crippen molar-refractivity contribution in [3.05, 3.63) is 12.5 Å². The van der Waals surface area contributed by atoms with Crippen LogP contribution in [0.25, 0.3) is 0 Å². The fraction of sp³-hybridized carbons (Fsp3) is 0.625. The molecule has 7 heteroatoms. The highest BCUT2D eigenvalue weighted by Gasteiger charge is 2.22. The van der Waals surface area contributed by atoms with Crippen molar-refractivity contribution in [1.82, 2.24) is 14.7 Å². The topological polar surface area (TPSA) is 74.8 Å². The van der Waals surface area contributed by atoms with Crippen LogP contribution >= 0.6 is 11.8 Å². The number of sulfonamides is 1. The SMILES string of the molecule is O=S(=O)(NC1CCSCC1)c1cnc[nH]1. The first-order valence-electron chi connectivity index (χ1n) is 4.77. The normalized spacial score (nSPS) is 19.2. The summed E-state index contributed by atoms with van der Waals surface area (Å²) in [5.41, 5.74) is 0. The largest absolute Gasteiger partial charge is 0.335 e. The van der Waals surface area contributed by atoms with E-state index in [9.17, 15) is 8.42 Å². The number of hydrogen-bond acceptors (Lipinski definition) is 4. The summed E-state index contributed by atoms with van der Waals surface area (Å²) in [7, 11) is -3.39. The Morgan fingerprint density at radius 1 is 1.47 bits per heavy atom. The van der Waals surface area contributed by atoms with Gasteiger partial charge in [0.1, 0.15) is 0 Å². The van der Waals surface area contributed by atoms with Crippen LogP contribution in [0.2, 0.25) is 0 Å². The van der Waals surface area contributed by atoms with Crippen molar-refractivity contribution in [1.29, 1.82) is 0 Å². The van der Waals surface area contributed by atoms with E-state index in [-0.39, 0.29) is 11.1 Å². The zero-order chi connectivity index (χ0) is 10.7. The molecule has 0 amide bonds. The Morgan fingerprint density at radius 2 is 2.20 bits per heavy atom. The van der Waals surface area contributed by atoms with Crippen molar-refractivity contribution < 1.29 is 8.42 Å². The van der Waals surface area contributed by atoms with E-state index in [2.05, 4.69) is 14.7 Å². The molecule has 0 spiro atoms. The summed E-state index contributed by atoms with van der Waals surface area (Å²) in [4.78, 5) is 6.30. The summed E-state index contributed by atoms with van der Waals surface area (Å²) in [6.45, 7) is 0. The highest BCUT2D eigenvalue weighted by Crippen LogP contribution is 2.18. The minimum Gasteiger partial charge on any atom is -0.335 e. The molecule has 15 heavy (non-hydrogen) atoms. The van der Waals surface area contributed by atoms with Gasteiger partial charge in [-0.1, -0.05) is 0 Å². The van der Waals surface area contributed by atoms with Gasteiger partial charge in [0.15, 0.2) is 5.03 Å². The van der Waals surface area contributed by atoms with Crippen molar-refractivity contribution in [3.63, 3.8) is 0 Å². The number of imidazole rings is 1. The molecule has 84 valence electrons. The molecule has 1 aromatic heterocycles. The first-order chi connectivity index (χ1) is 7.18. The Bertz CT molecular complexity index is 396. The molecule has 1 saturated heterocycles. The van der Waals surface area contributed by atoms with Gasteiger partial charge in [0.05, 0.1) is 12.5 Å². The maximum atomic E-state index is 11.8. The van der Waals surface area contributed by atoms with Gasteiger partial charge in [0.25, 0.3) is 10.0 Å². The molecule has 0 radical (unpaired) electrons. The number of rotatable bonds is 3. The molecule has 1 aromatic rings. The van der Waals surface area contributed by atoms with Crippen molar-refractivity contribution in [2.75, 3.05) is 11.5 Å². The van der Waals surface area contributed by atoms with Gasteiger partial charge in [-0.05, 0) is 24.3 Å². The third kappa shape index (κ3) is 2.73. The number of hydrogen-bond donors (Lipinski definition) is 2. The summed E-state index contributed by atoms with van der Waals surface area (Å²) in [6.07, 6.45) is 4.49. The van der Waals surface area contributed by atoms with E-state index in [1.807, 2.05) is 11.8 Å². The number of aromatic amines is 1. The van der Waals surface area contributed by atoms with Gasteiger partial charge in [-0.3, -0.25) is 0 Å². The van der Waals surface area contributed by atoms with Gasteiger partial charge >= 0.3 is 0 Å². The van der Waals surface area contributed by atoms with E-state index in [1.165, 1.54) is 12.5 Å². The van der Waals surface area contributed by atoms with Crippen LogP contribution in [-0.2, 0) is 10.0 Å². The highest BCUT2D eigenvalue weighted by molar-refractivity contribution is 7.99. The van der Waals surface area contributed by atoms with Gasteiger partial charge in [0.2, 0.25) is 0 Å². The maximum absolute atomic E-state index is 11.8. The molecule has 1 aliphatic rings. The average Bonchev–Trinajstić information content (AvgIpc) is 2.71. The van der Waals surface area contributed by atoms with Gasteiger partial charge in [-0.15, -0.1) is 0 Å². The molecular weight excluding hydrogens is 234 g/mol. The van der Waals surface area contributed by atoms with Crippen LogP contribution in [0.5, 0.6) is 0 Å². The summed E-state index contributed by atoms with van der Waals surface area (Å²) >= 11 is 1.87. The molecular formula is C8H13N3O2S2. The monoisotopic (exact) mass is 247 g/mol. The summed E-state index contributed by atoms with van der Waals surface area (Å²) in [5, 5.41) is 0.140. The number of aromatic nitrogens is 2. The van der Waals surface area contributed by atoms with Crippen molar-refractivity contribution in [2.24, 2.45) is 0 Å². The lowest BCUT2D eigenvalue weighted by Gasteiger charge is -2.21. The lowest BCUT2D eigenvalue weighted by molar-refractivity contribution is 0.527. The van der Waals surface area contributed by atoms with E-state index in [1.54, 1.807) is 0 Å². The molecule has 0 aliphatic carbocycles. The molecule has 0 aromatic carbocycles. The van der Waals surface area contributed by atoms with Crippen molar-refractivity contribution in [3.8, 4) is 0 Å². The maximum Gasteiger partial charge on any atom is 0.257 e. The van der Waals surface area contributed by atoms with Gasteiger partial charge in [-0.25, -0.2) is 18.1 Å². The van der Waals surface area contributed by atoms with Crippen LogP contribution in [-0.4, -0.2) is 35.9 Å². The number of H-pyrrole nitrogens is 1. The summed E-state index contributed by atoms with van der Waals surface area (Å²) in [5.74, 6) is 2.05. The Kier molecular flexibility index (Phi) is 3.32. The van der Waals surface area contributed by atoms with Crippen LogP contribution in [0.15, 0.2) is 17.6 Å². The molecule has 1 fully saturated rings. The third-order valence-corrected chi connectivity index (χ3v) is 4.80. The van der Waals surface area contributed by atoms with Crippen LogP contribution in [0.4, 0.5) is 0 Å². The average molecular weight is 247 g/mol. The Morgan fingerprint density at radius 3 is 2.80 bits per heavy atom. The second kappa shape index (κ2) is 4.54. The van der Waals surface area contributed by atoms with Crippen LogP contribution in [0, 0.1) is 0 Å². The predicted molar refractivity (Wildman–Crippen MR) is 59.3 cm³/mol. The molecule has 5 nitrogen and oxygen atoms in total. The Balaban J connectivity index is 2.04. The zero-order valence-electron chi connectivity index (χ0n) is 8.14. The molecule has 2 rings (SSSR count). The Labute approximate surface area is 93.1 Å². The number of thioether (sulfide) groups is 1. The molecule has 0 unspecified atom stereocenters. The lowest BCUT2D eigenvalue weighted by Crippen LogP contribution is -2.37. The minimum absolute atomic E-state index is 0.0690. The minimum atomic E-state index is -3.39. The molecule has 1 aliphatic heterocycles. The van der Waals surface area contributed by atoms with E-state index >= 15 is 0 Å². The second-order valence-electron chi connectivity index (χ2n) is 3.42. The fourth-order valence-corrected chi connectivity index (χ4v) is 3.80. The van der Waals surface area contributed by atoms with Gasteiger partial charge in [0, 0.05) is 6.04 Å². The predicted octanol–water partition coefficient (Wildman–Crippen LogP) is 0.584. The molecule has 2 N–H and O–H groups in total. The van der Waals surface area contributed by atoms with E-state index in [0.717, 1.165) is 24.3 Å². The molecule has 0 saturated carbocycles. The molecule has 2 heterocycles. The Hall–Kier alpha value is -0.530. The second-order valence-corrected chi connectivity index (χ2v) is 6.33. The molecule has 0 bridgehead atoms. The van der Waals surface area contributed by atoms with Gasteiger partial charge < -0.3 is 4.98 Å². The van der Waals surface area contributed by atoms with E-state index in [0.29, 0.717) is 0 Å². The quantitative estimate of drug-likeness (QED) is 0.819. The number of nitrogens with one attached hydrogen (secondary N) is 2. The highest BCUT2D eigenvalue weighted by atomic mass is 32.2. The van der Waals surface area contributed by atoms with Crippen molar-refractivity contribution in [2.45, 2.75) is 23.9 Å². The van der Waals surface area contributed by atoms with Gasteiger partial charge in [-0.2, -0.15) is 11.8 Å². The smallest absolute Gasteiger partial charge is 0.257 e. The zero-order valence-corrected chi connectivity index (χ0v) is 9.77. The van der Waals surface area contributed by atoms with E-state index < -0.39 is 10.0 Å². The van der Waals surface area contributed by atoms with Crippen LogP contribution < -0.4 is 4.72 Å². The lowest BCUT2D eigenvalue weighted by atomic mass is 10.2. The first kappa shape index (κ1) is 11.0. The van der Waals surface area contributed by atoms with Crippen LogP contribution in [0.3, 0.4) is 0 Å². The number of nitrogens with zero attached hydrogens (tertiary/aromatic N) is 1. The summed E-state index contributed by atoms with van der Waals surface area (Å²) < 4.78 is 26.2. The van der Waals surface area contributed by atoms with Crippen LogP contribution in [0.1, 0.15) is 12.8 Å². The standard InChI is InChI=1S/C8H13N3O2S2/c12-15(13,8-5-9-6-10-8)11-7-1-3-14-4-2-7/h5-7,11H,1-4H2,(H,9,10). The first-order valence-corrected chi connectivity index (χ1v) is 7.41. The molecule has 0 atom stereocenters. The summed E-state index contributed by atoms with van der Waals surface area (Å²) in [6, 6.07) is 0.0690. The van der Waals surface area contributed by atoms with E-state index in [4.69, 9.17) is 0 Å². The fourth-order valence-electron chi connectivity index (χ4n) is 1.49. The third-order valence-electron chi connectivity index (χ3n) is 2.31. The van der Waals surface area contributed by atoms with Crippen molar-refractivity contribution >= 4 is 21.8 Å².